The number of rotatable bonds is 6. The number of anilines is 1. The lowest BCUT2D eigenvalue weighted by Crippen LogP contribution is -2.49. The molecule has 1 aliphatic rings. The van der Waals surface area contributed by atoms with E-state index in [9.17, 15) is 9.59 Å². The first-order chi connectivity index (χ1) is 14.0. The van der Waals surface area contributed by atoms with Crippen LogP contribution in [0.15, 0.2) is 48.5 Å². The largest absolute Gasteiger partial charge is 0.496 e. The Balaban J connectivity index is 2.10. The van der Waals surface area contributed by atoms with Gasteiger partial charge in [-0.2, -0.15) is 0 Å². The number of methoxy groups -OCH3 is 1. The molecule has 0 saturated carbocycles. The Morgan fingerprint density at radius 3 is 2.55 bits per heavy atom. The second-order valence-electron chi connectivity index (χ2n) is 7.75. The molecule has 3 atom stereocenters. The molecular weight excluding hydrogens is 364 g/mol. The van der Waals surface area contributed by atoms with Crippen LogP contribution >= 0.6 is 0 Å². The Labute approximate surface area is 173 Å². The summed E-state index contributed by atoms with van der Waals surface area (Å²) in [6.07, 6.45) is 1.72. The standard InChI is InChI=1S/C24H30N2O3/c1-5-17(3)25-24(28)20-14-15-22(27)26(18-12-10-16(2)11-13-18)23(20)19-8-6-7-9-21(19)29-4/h6-13,17,20,23H,5,14-15H2,1-4H3,(H,25,28). The number of carbonyl (C=O) groups excluding carboxylic acids is 2. The van der Waals surface area contributed by atoms with Gasteiger partial charge in [0.2, 0.25) is 11.8 Å². The summed E-state index contributed by atoms with van der Waals surface area (Å²) in [5, 5.41) is 3.11. The number of para-hydroxylation sites is 1. The Bertz CT molecular complexity index is 863. The molecule has 3 unspecified atom stereocenters. The molecule has 2 aromatic carbocycles. The van der Waals surface area contributed by atoms with Crippen LogP contribution < -0.4 is 15.0 Å². The van der Waals surface area contributed by atoms with Gasteiger partial charge in [0.05, 0.1) is 19.1 Å². The van der Waals surface area contributed by atoms with Gasteiger partial charge in [-0.25, -0.2) is 0 Å². The van der Waals surface area contributed by atoms with Crippen LogP contribution in [-0.2, 0) is 9.59 Å². The monoisotopic (exact) mass is 394 g/mol. The van der Waals surface area contributed by atoms with E-state index >= 15 is 0 Å². The number of carbonyl (C=O) groups is 2. The van der Waals surface area contributed by atoms with Crippen molar-refractivity contribution in [3.63, 3.8) is 0 Å². The number of ether oxygens (including phenoxy) is 1. The van der Waals surface area contributed by atoms with Gasteiger partial charge in [-0.1, -0.05) is 42.8 Å². The van der Waals surface area contributed by atoms with Crippen molar-refractivity contribution in [1.82, 2.24) is 5.32 Å². The zero-order chi connectivity index (χ0) is 21.0. The molecule has 0 bridgehead atoms. The molecule has 0 spiro atoms. The lowest BCUT2D eigenvalue weighted by Gasteiger charge is -2.41. The van der Waals surface area contributed by atoms with Gasteiger partial charge in [0.1, 0.15) is 5.75 Å². The lowest BCUT2D eigenvalue weighted by molar-refractivity contribution is -0.129. The first kappa shape index (κ1) is 20.9. The highest BCUT2D eigenvalue weighted by Crippen LogP contribution is 2.43. The first-order valence-corrected chi connectivity index (χ1v) is 10.3. The van der Waals surface area contributed by atoms with Gasteiger partial charge in [-0.3, -0.25) is 9.59 Å². The maximum absolute atomic E-state index is 13.2. The number of benzene rings is 2. The SMILES string of the molecule is CCC(C)NC(=O)C1CCC(=O)N(c2ccc(C)cc2)C1c1ccccc1OC. The average molecular weight is 395 g/mol. The molecule has 5 heteroatoms. The maximum atomic E-state index is 13.2. The molecule has 5 nitrogen and oxygen atoms in total. The molecule has 1 fully saturated rings. The molecule has 0 radical (unpaired) electrons. The normalized spacial score (nSPS) is 20.3. The zero-order valence-electron chi connectivity index (χ0n) is 17.6. The number of hydrogen-bond acceptors (Lipinski definition) is 3. The van der Waals surface area contributed by atoms with Crippen molar-refractivity contribution in [3.05, 3.63) is 59.7 Å². The minimum Gasteiger partial charge on any atom is -0.496 e. The lowest BCUT2D eigenvalue weighted by atomic mass is 9.82. The average Bonchev–Trinajstić information content (AvgIpc) is 2.74. The van der Waals surface area contributed by atoms with Crippen molar-refractivity contribution >= 4 is 17.5 Å². The van der Waals surface area contributed by atoms with Crippen LogP contribution in [0.4, 0.5) is 5.69 Å². The topological polar surface area (TPSA) is 58.6 Å². The summed E-state index contributed by atoms with van der Waals surface area (Å²) in [5.74, 6) is 0.349. The third-order valence-corrected chi connectivity index (χ3v) is 5.70. The van der Waals surface area contributed by atoms with Gasteiger partial charge in [-0.05, 0) is 44.9 Å². The number of nitrogens with one attached hydrogen (secondary N) is 1. The fourth-order valence-corrected chi connectivity index (χ4v) is 3.90. The third kappa shape index (κ3) is 4.44. The molecule has 1 N–H and O–H groups in total. The van der Waals surface area contributed by atoms with E-state index < -0.39 is 6.04 Å². The van der Waals surface area contributed by atoms with Crippen LogP contribution in [0.25, 0.3) is 0 Å². The fourth-order valence-electron chi connectivity index (χ4n) is 3.90. The van der Waals surface area contributed by atoms with E-state index in [0.29, 0.717) is 18.6 Å². The van der Waals surface area contributed by atoms with Crippen LogP contribution in [0.2, 0.25) is 0 Å². The quantitative estimate of drug-likeness (QED) is 0.790. The third-order valence-electron chi connectivity index (χ3n) is 5.70. The van der Waals surface area contributed by atoms with Gasteiger partial charge in [0.15, 0.2) is 0 Å². The molecule has 2 amide bonds. The summed E-state index contributed by atoms with van der Waals surface area (Å²) in [4.78, 5) is 28.0. The van der Waals surface area contributed by atoms with Crippen molar-refractivity contribution in [2.75, 3.05) is 12.0 Å². The summed E-state index contributed by atoms with van der Waals surface area (Å²) in [5.41, 5.74) is 2.78. The zero-order valence-corrected chi connectivity index (χ0v) is 17.6. The van der Waals surface area contributed by atoms with Crippen LogP contribution in [0.3, 0.4) is 0 Å². The van der Waals surface area contributed by atoms with Crippen molar-refractivity contribution in [1.29, 1.82) is 0 Å². The maximum Gasteiger partial charge on any atom is 0.227 e. The fraction of sp³-hybridized carbons (Fsp3) is 0.417. The number of piperidine rings is 1. The van der Waals surface area contributed by atoms with E-state index in [0.717, 1.165) is 23.2 Å². The number of nitrogens with zero attached hydrogens (tertiary/aromatic N) is 1. The molecule has 2 aromatic rings. The molecule has 154 valence electrons. The minimum absolute atomic E-state index is 0.0140. The summed E-state index contributed by atoms with van der Waals surface area (Å²) in [6.45, 7) is 6.06. The molecule has 0 aromatic heterocycles. The number of amides is 2. The second-order valence-corrected chi connectivity index (χ2v) is 7.75. The van der Waals surface area contributed by atoms with Crippen molar-refractivity contribution in [2.45, 2.75) is 52.1 Å². The molecule has 0 aliphatic carbocycles. The highest BCUT2D eigenvalue weighted by atomic mass is 16.5. The van der Waals surface area contributed by atoms with E-state index in [-0.39, 0.29) is 23.8 Å². The molecule has 29 heavy (non-hydrogen) atoms. The molecule has 1 saturated heterocycles. The molecule has 3 rings (SSSR count). The van der Waals surface area contributed by atoms with E-state index in [2.05, 4.69) is 5.32 Å². The summed E-state index contributed by atoms with van der Waals surface area (Å²) in [6, 6.07) is 15.2. The van der Waals surface area contributed by atoms with Crippen LogP contribution in [-0.4, -0.2) is 25.0 Å². The van der Waals surface area contributed by atoms with Gasteiger partial charge < -0.3 is 15.0 Å². The Hall–Kier alpha value is -2.82. The number of aryl methyl sites for hydroxylation is 1. The highest BCUT2D eigenvalue weighted by molar-refractivity contribution is 5.97. The van der Waals surface area contributed by atoms with Gasteiger partial charge in [0.25, 0.3) is 0 Å². The van der Waals surface area contributed by atoms with E-state index in [4.69, 9.17) is 4.74 Å². The first-order valence-electron chi connectivity index (χ1n) is 10.3. The van der Waals surface area contributed by atoms with Gasteiger partial charge in [-0.15, -0.1) is 0 Å². The minimum atomic E-state index is -0.417. The van der Waals surface area contributed by atoms with Gasteiger partial charge >= 0.3 is 0 Å². The van der Waals surface area contributed by atoms with E-state index in [1.54, 1.807) is 12.0 Å². The number of hydrogen-bond donors (Lipinski definition) is 1. The van der Waals surface area contributed by atoms with Crippen molar-refractivity contribution < 1.29 is 14.3 Å². The predicted molar refractivity (Wildman–Crippen MR) is 115 cm³/mol. The van der Waals surface area contributed by atoms with E-state index in [1.807, 2.05) is 69.3 Å². The highest BCUT2D eigenvalue weighted by Gasteiger charge is 2.42. The van der Waals surface area contributed by atoms with E-state index in [1.165, 1.54) is 0 Å². The van der Waals surface area contributed by atoms with Crippen molar-refractivity contribution in [3.8, 4) is 5.75 Å². The summed E-state index contributed by atoms with van der Waals surface area (Å²) in [7, 11) is 1.62. The molecular formula is C24H30N2O3. The predicted octanol–water partition coefficient (Wildman–Crippen LogP) is 4.40. The smallest absolute Gasteiger partial charge is 0.227 e. The molecule has 1 heterocycles. The van der Waals surface area contributed by atoms with Crippen molar-refractivity contribution in [2.24, 2.45) is 5.92 Å². The Morgan fingerprint density at radius 2 is 1.90 bits per heavy atom. The Kier molecular flexibility index (Phi) is 6.57. The van der Waals surface area contributed by atoms with Crippen LogP contribution in [0.5, 0.6) is 5.75 Å². The summed E-state index contributed by atoms with van der Waals surface area (Å²) >= 11 is 0. The van der Waals surface area contributed by atoms with Crippen LogP contribution in [0, 0.1) is 12.8 Å². The second kappa shape index (κ2) is 9.12. The van der Waals surface area contributed by atoms with Gasteiger partial charge in [0, 0.05) is 23.7 Å². The van der Waals surface area contributed by atoms with Crippen LogP contribution in [0.1, 0.15) is 50.3 Å². The summed E-state index contributed by atoms with van der Waals surface area (Å²) < 4.78 is 5.60. The Morgan fingerprint density at radius 1 is 1.21 bits per heavy atom. The molecule has 1 aliphatic heterocycles.